The van der Waals surface area contributed by atoms with Gasteiger partial charge in [0.1, 0.15) is 48.8 Å². The highest BCUT2D eigenvalue weighted by Gasteiger charge is 2.50. The van der Waals surface area contributed by atoms with Crippen molar-refractivity contribution in [3.63, 3.8) is 0 Å². The summed E-state index contributed by atoms with van der Waals surface area (Å²) in [5.41, 5.74) is 5.50. The van der Waals surface area contributed by atoms with Crippen LogP contribution in [-0.2, 0) is 14.2 Å². The van der Waals surface area contributed by atoms with Crippen molar-refractivity contribution < 1.29 is 50.0 Å². The van der Waals surface area contributed by atoms with Crippen LogP contribution in [0.4, 0.5) is 0 Å². The van der Waals surface area contributed by atoms with Crippen LogP contribution >= 0.6 is 0 Å². The Morgan fingerprint density at radius 3 is 2.11 bits per heavy atom. The molecule has 2 saturated heterocycles. The number of nitrogens with zero attached hydrogens (tertiary/aromatic N) is 1. The first kappa shape index (κ1) is 22.2. The van der Waals surface area contributed by atoms with Gasteiger partial charge in [-0.1, -0.05) is 0 Å². The van der Waals surface area contributed by atoms with Gasteiger partial charge in [-0.15, -0.1) is 0 Å². The van der Waals surface area contributed by atoms with Gasteiger partial charge in [-0.2, -0.15) is 0 Å². The Kier molecular flexibility index (Phi) is 7.70. The first-order valence-corrected chi connectivity index (χ1v) is 8.32. The molecule has 10 N–H and O–H groups in total. The fraction of sp³-hybridized carbons (Fsp3) is 0.929. The molecule has 1 unspecified atom stereocenters. The highest BCUT2D eigenvalue weighted by molar-refractivity contribution is 5.77. The van der Waals surface area contributed by atoms with Gasteiger partial charge in [0.15, 0.2) is 18.5 Å². The second-order valence-corrected chi connectivity index (χ2v) is 6.31. The molecule has 10 atom stereocenters. The Bertz CT molecular complexity index is 508. The normalized spacial score (nSPS) is 46.3. The number of nitrogens with one attached hydrogen (secondary N) is 1. The van der Waals surface area contributed by atoms with Gasteiger partial charge in [0.2, 0.25) is 0 Å². The largest absolute Gasteiger partial charge is 0.394 e. The minimum Gasteiger partial charge on any atom is -0.394 e. The molecule has 27 heavy (non-hydrogen) atoms. The molecule has 13 nitrogen and oxygen atoms in total. The molecule has 158 valence electrons. The van der Waals surface area contributed by atoms with E-state index < -0.39 is 74.6 Å². The third-order valence-electron chi connectivity index (χ3n) is 4.54. The first-order valence-electron chi connectivity index (χ1n) is 8.32. The second-order valence-electron chi connectivity index (χ2n) is 6.31. The lowest BCUT2D eigenvalue weighted by Crippen LogP contribution is -2.67. The van der Waals surface area contributed by atoms with Crippen molar-refractivity contribution >= 4 is 5.96 Å². The van der Waals surface area contributed by atoms with Crippen molar-refractivity contribution in [2.75, 3.05) is 20.3 Å². The predicted octanol–water partition coefficient (Wildman–Crippen LogP) is -5.86. The Hall–Kier alpha value is -1.13. The summed E-state index contributed by atoms with van der Waals surface area (Å²) in [6.07, 6.45) is -14.7. The maximum absolute atomic E-state index is 10.4. The van der Waals surface area contributed by atoms with Gasteiger partial charge in [0.05, 0.1) is 13.2 Å². The van der Waals surface area contributed by atoms with Gasteiger partial charge >= 0.3 is 0 Å². The van der Waals surface area contributed by atoms with Crippen molar-refractivity contribution in [2.24, 2.45) is 10.7 Å². The van der Waals surface area contributed by atoms with Crippen LogP contribution in [0.25, 0.3) is 0 Å². The van der Waals surface area contributed by atoms with Crippen LogP contribution in [0, 0.1) is 0 Å². The summed E-state index contributed by atoms with van der Waals surface area (Å²) in [5, 5.41) is 71.5. The Balaban J connectivity index is 2.12. The molecule has 0 saturated carbocycles. The average Bonchev–Trinajstić information content (AvgIpc) is 2.67. The van der Waals surface area contributed by atoms with E-state index in [4.69, 9.17) is 19.9 Å². The van der Waals surface area contributed by atoms with E-state index in [1.54, 1.807) is 0 Å². The molecule has 0 radical (unpaired) electrons. The summed E-state index contributed by atoms with van der Waals surface area (Å²) in [7, 11) is 1.39. The van der Waals surface area contributed by atoms with Crippen LogP contribution in [-0.4, -0.2) is 123 Å². The zero-order valence-corrected chi connectivity index (χ0v) is 14.6. The smallest absolute Gasteiger partial charge is 0.190 e. The molecule has 2 heterocycles. The number of aliphatic hydroxyl groups excluding tert-OH is 7. The fourth-order valence-electron chi connectivity index (χ4n) is 2.92. The van der Waals surface area contributed by atoms with E-state index in [-0.39, 0.29) is 5.96 Å². The molecule has 0 aromatic carbocycles. The molecule has 2 fully saturated rings. The topological polar surface area (TPSA) is 220 Å². The Morgan fingerprint density at radius 2 is 1.56 bits per heavy atom. The zero-order valence-electron chi connectivity index (χ0n) is 14.6. The van der Waals surface area contributed by atoms with Crippen molar-refractivity contribution in [3.05, 3.63) is 0 Å². The predicted molar refractivity (Wildman–Crippen MR) is 87.1 cm³/mol. The van der Waals surface area contributed by atoms with E-state index in [2.05, 4.69) is 10.3 Å². The van der Waals surface area contributed by atoms with Crippen LogP contribution in [0.15, 0.2) is 4.99 Å². The first-order chi connectivity index (χ1) is 12.7. The minimum atomic E-state index is -1.72. The van der Waals surface area contributed by atoms with E-state index in [1.807, 2.05) is 0 Å². The summed E-state index contributed by atoms with van der Waals surface area (Å²) in [6, 6.07) is 0. The quantitative estimate of drug-likeness (QED) is 0.156. The third kappa shape index (κ3) is 4.65. The third-order valence-corrected chi connectivity index (χ3v) is 4.54. The molecule has 0 aromatic heterocycles. The molecule has 2 aliphatic heterocycles. The maximum Gasteiger partial charge on any atom is 0.190 e. The molecule has 0 aliphatic carbocycles. The van der Waals surface area contributed by atoms with Crippen molar-refractivity contribution in [3.8, 4) is 0 Å². The van der Waals surface area contributed by atoms with E-state index in [1.165, 1.54) is 7.05 Å². The van der Waals surface area contributed by atoms with Gasteiger partial charge in [0.25, 0.3) is 0 Å². The van der Waals surface area contributed by atoms with Crippen LogP contribution in [0.5, 0.6) is 0 Å². The van der Waals surface area contributed by atoms with Crippen LogP contribution in [0.2, 0.25) is 0 Å². The maximum atomic E-state index is 10.4. The molecule has 0 bridgehead atoms. The second kappa shape index (κ2) is 9.38. The SMILES string of the molecule is CN=C(N)NC1O[C@H](CO)[C@@H](O[C@@H]2O[C@H](CO)[C@H](O)[C@H](O)[C@H]2O)[C@H](O)[C@H]1O. The van der Waals surface area contributed by atoms with E-state index in [9.17, 15) is 35.7 Å². The molecule has 0 amide bonds. The summed E-state index contributed by atoms with van der Waals surface area (Å²) in [5.74, 6) is -0.0729. The van der Waals surface area contributed by atoms with E-state index >= 15 is 0 Å². The van der Waals surface area contributed by atoms with E-state index in [0.29, 0.717) is 0 Å². The number of aliphatic imine (C=N–C) groups is 1. The fourth-order valence-corrected chi connectivity index (χ4v) is 2.92. The zero-order chi connectivity index (χ0) is 20.3. The summed E-state index contributed by atoms with van der Waals surface area (Å²) in [6.45, 7) is -1.30. The lowest BCUT2D eigenvalue weighted by atomic mass is 9.96. The number of nitrogens with two attached hydrogens (primary N) is 1. The van der Waals surface area contributed by atoms with Gasteiger partial charge in [-0.3, -0.25) is 4.99 Å². The van der Waals surface area contributed by atoms with Crippen molar-refractivity contribution in [2.45, 2.75) is 61.3 Å². The number of guanidine groups is 1. The average molecular weight is 397 g/mol. The number of hydrogen-bond donors (Lipinski definition) is 9. The lowest BCUT2D eigenvalue weighted by Gasteiger charge is -2.46. The van der Waals surface area contributed by atoms with Crippen LogP contribution < -0.4 is 11.1 Å². The van der Waals surface area contributed by atoms with Gasteiger partial charge < -0.3 is 61.0 Å². The van der Waals surface area contributed by atoms with Crippen molar-refractivity contribution in [1.29, 1.82) is 0 Å². The van der Waals surface area contributed by atoms with Crippen molar-refractivity contribution in [1.82, 2.24) is 5.32 Å². The standard InChI is InChI=1S/C14H27N3O10/c1-16-14(15)17-12-9(23)8(22)11(5(3-19)25-12)27-13-10(24)7(21)6(20)4(2-18)26-13/h4-13,18-24H,2-3H2,1H3,(H3,15,16,17)/t4-,5-,6+,7+,8-,9-,10-,11-,12?,13+/m1/s1. The highest BCUT2D eigenvalue weighted by atomic mass is 16.7. The van der Waals surface area contributed by atoms with Gasteiger partial charge in [-0.05, 0) is 0 Å². The van der Waals surface area contributed by atoms with Crippen LogP contribution in [0.1, 0.15) is 0 Å². The Labute approximate surface area is 154 Å². The number of rotatable bonds is 5. The number of ether oxygens (including phenoxy) is 3. The summed E-state index contributed by atoms with van der Waals surface area (Å²) in [4.78, 5) is 3.64. The van der Waals surface area contributed by atoms with Gasteiger partial charge in [-0.25, -0.2) is 0 Å². The highest BCUT2D eigenvalue weighted by Crippen LogP contribution is 2.28. The van der Waals surface area contributed by atoms with Gasteiger partial charge in [0, 0.05) is 7.05 Å². The van der Waals surface area contributed by atoms with Crippen LogP contribution in [0.3, 0.4) is 0 Å². The molecular formula is C14H27N3O10. The summed E-state index contributed by atoms with van der Waals surface area (Å²) < 4.78 is 16.0. The molecule has 13 heteroatoms. The Morgan fingerprint density at radius 1 is 0.926 bits per heavy atom. The molecule has 2 rings (SSSR count). The minimum absolute atomic E-state index is 0.0729. The summed E-state index contributed by atoms with van der Waals surface area (Å²) >= 11 is 0. The number of aliphatic hydroxyl groups is 7. The molecule has 0 spiro atoms. The molecular weight excluding hydrogens is 370 g/mol. The number of hydrogen-bond acceptors (Lipinski definition) is 11. The monoisotopic (exact) mass is 397 g/mol. The lowest BCUT2D eigenvalue weighted by molar-refractivity contribution is -0.342. The van der Waals surface area contributed by atoms with E-state index in [0.717, 1.165) is 0 Å². The molecule has 0 aromatic rings. The molecule has 2 aliphatic rings.